The first-order chi connectivity index (χ1) is 9.87. The number of hydrogen-bond acceptors (Lipinski definition) is 3. The van der Waals surface area contributed by atoms with Gasteiger partial charge in [-0.2, -0.15) is 0 Å². The predicted octanol–water partition coefficient (Wildman–Crippen LogP) is 2.82. The maximum Gasteiger partial charge on any atom is 0.236 e. The Morgan fingerprint density at radius 2 is 1.76 bits per heavy atom. The largest absolute Gasteiger partial charge is 0.389 e. The second kappa shape index (κ2) is 6.24. The highest BCUT2D eigenvalue weighted by Gasteiger charge is 2.15. The quantitative estimate of drug-likeness (QED) is 0.892. The molecule has 0 fully saturated rings. The van der Waals surface area contributed by atoms with Gasteiger partial charge in [-0.1, -0.05) is 30.3 Å². The van der Waals surface area contributed by atoms with E-state index in [2.05, 4.69) is 4.72 Å². The van der Waals surface area contributed by atoms with Gasteiger partial charge in [-0.15, -0.1) is 0 Å². The molecule has 21 heavy (non-hydrogen) atoms. The van der Waals surface area contributed by atoms with Gasteiger partial charge in [0.15, 0.2) is 0 Å². The van der Waals surface area contributed by atoms with Crippen molar-refractivity contribution in [1.29, 1.82) is 0 Å². The number of rotatable bonds is 5. The summed E-state index contributed by atoms with van der Waals surface area (Å²) in [6.45, 7) is 1.56. The molecule has 2 aromatic carbocycles. The van der Waals surface area contributed by atoms with Crippen molar-refractivity contribution in [2.24, 2.45) is 0 Å². The van der Waals surface area contributed by atoms with E-state index in [4.69, 9.17) is 0 Å². The summed E-state index contributed by atoms with van der Waals surface area (Å²) >= 11 is 0. The molecule has 1 unspecified atom stereocenters. The fourth-order valence-electron chi connectivity index (χ4n) is 1.96. The standard InChI is InChI=1S/C15H16FNO3S/c1-11(18)14-4-2-3-5-15(14)17-21(19,20)10-12-6-8-13(16)9-7-12/h2-9,11,17-18H,10H2,1H3. The number of nitrogens with one attached hydrogen (secondary N) is 1. The molecule has 0 saturated heterocycles. The number of benzene rings is 2. The first kappa shape index (κ1) is 15.5. The smallest absolute Gasteiger partial charge is 0.236 e. The van der Waals surface area contributed by atoms with Gasteiger partial charge in [-0.05, 0) is 30.7 Å². The van der Waals surface area contributed by atoms with Crippen molar-refractivity contribution in [3.63, 3.8) is 0 Å². The average Bonchev–Trinajstić information content (AvgIpc) is 2.41. The van der Waals surface area contributed by atoms with Gasteiger partial charge in [0.1, 0.15) is 5.82 Å². The second-order valence-electron chi connectivity index (χ2n) is 4.75. The van der Waals surface area contributed by atoms with Crippen molar-refractivity contribution < 1.29 is 17.9 Å². The summed E-state index contributed by atoms with van der Waals surface area (Å²) in [5, 5.41) is 9.65. The van der Waals surface area contributed by atoms with Crippen molar-refractivity contribution >= 4 is 15.7 Å². The molecule has 2 rings (SSSR count). The first-order valence-electron chi connectivity index (χ1n) is 6.39. The molecule has 2 N–H and O–H groups in total. The van der Waals surface area contributed by atoms with Crippen LogP contribution in [0.5, 0.6) is 0 Å². The van der Waals surface area contributed by atoms with Crippen molar-refractivity contribution in [1.82, 2.24) is 0 Å². The molecule has 0 radical (unpaired) electrons. The number of para-hydroxylation sites is 1. The highest BCUT2D eigenvalue weighted by atomic mass is 32.2. The lowest BCUT2D eigenvalue weighted by Gasteiger charge is -2.14. The summed E-state index contributed by atoms with van der Waals surface area (Å²) in [5.41, 5.74) is 1.33. The highest BCUT2D eigenvalue weighted by molar-refractivity contribution is 7.91. The zero-order valence-corrected chi connectivity index (χ0v) is 12.3. The highest BCUT2D eigenvalue weighted by Crippen LogP contribution is 2.24. The van der Waals surface area contributed by atoms with Crippen LogP contribution in [0.25, 0.3) is 0 Å². The number of anilines is 1. The molecule has 6 heteroatoms. The Balaban J connectivity index is 2.20. The number of aliphatic hydroxyl groups excluding tert-OH is 1. The Labute approximate surface area is 123 Å². The summed E-state index contributed by atoms with van der Waals surface area (Å²) in [4.78, 5) is 0. The van der Waals surface area contributed by atoms with E-state index in [0.717, 1.165) is 0 Å². The Morgan fingerprint density at radius 3 is 2.38 bits per heavy atom. The number of hydrogen-bond donors (Lipinski definition) is 2. The zero-order valence-electron chi connectivity index (χ0n) is 11.5. The van der Waals surface area contributed by atoms with Crippen LogP contribution in [0.4, 0.5) is 10.1 Å². The van der Waals surface area contributed by atoms with Crippen LogP contribution in [0.15, 0.2) is 48.5 Å². The Morgan fingerprint density at radius 1 is 1.14 bits per heavy atom. The molecule has 112 valence electrons. The van der Waals surface area contributed by atoms with Crippen molar-refractivity contribution in [3.8, 4) is 0 Å². The molecule has 0 aliphatic rings. The van der Waals surface area contributed by atoms with Crippen molar-refractivity contribution in [2.45, 2.75) is 18.8 Å². The average molecular weight is 309 g/mol. The van der Waals surface area contributed by atoms with E-state index >= 15 is 0 Å². The van der Waals surface area contributed by atoms with Gasteiger partial charge in [-0.25, -0.2) is 12.8 Å². The summed E-state index contributed by atoms with van der Waals surface area (Å²) in [6.07, 6.45) is -0.783. The zero-order chi connectivity index (χ0) is 15.5. The van der Waals surface area contributed by atoms with Crippen LogP contribution in [0.2, 0.25) is 0 Å². The van der Waals surface area contributed by atoms with E-state index in [1.807, 2.05) is 0 Å². The molecule has 0 spiro atoms. The minimum Gasteiger partial charge on any atom is -0.389 e. The van der Waals surface area contributed by atoms with Crippen LogP contribution in [-0.4, -0.2) is 13.5 Å². The maximum atomic E-state index is 12.8. The van der Waals surface area contributed by atoms with E-state index in [1.165, 1.54) is 24.3 Å². The van der Waals surface area contributed by atoms with Crippen molar-refractivity contribution in [2.75, 3.05) is 4.72 Å². The minimum absolute atomic E-state index is 0.262. The first-order valence-corrected chi connectivity index (χ1v) is 8.04. The lowest BCUT2D eigenvalue weighted by atomic mass is 10.1. The molecule has 0 heterocycles. The lowest BCUT2D eigenvalue weighted by molar-refractivity contribution is 0.200. The maximum absolute atomic E-state index is 12.8. The van der Waals surface area contributed by atoms with Gasteiger partial charge < -0.3 is 5.11 Å². The Hall–Kier alpha value is -1.92. The summed E-state index contributed by atoms with van der Waals surface area (Å²) in [6, 6.07) is 11.9. The predicted molar refractivity (Wildman–Crippen MR) is 79.7 cm³/mol. The lowest BCUT2D eigenvalue weighted by Crippen LogP contribution is -2.16. The molecule has 0 bridgehead atoms. The molecule has 0 aliphatic carbocycles. The van der Waals surface area contributed by atoms with Crippen LogP contribution in [0.3, 0.4) is 0 Å². The summed E-state index contributed by atoms with van der Waals surface area (Å²) in [7, 11) is -3.64. The Kier molecular flexibility index (Phi) is 4.59. The molecule has 0 saturated carbocycles. The third-order valence-electron chi connectivity index (χ3n) is 2.95. The fraction of sp³-hybridized carbons (Fsp3) is 0.200. The molecule has 4 nitrogen and oxygen atoms in total. The molecular weight excluding hydrogens is 293 g/mol. The molecule has 2 aromatic rings. The van der Waals surface area contributed by atoms with E-state index in [9.17, 15) is 17.9 Å². The van der Waals surface area contributed by atoms with Crippen LogP contribution in [0, 0.1) is 5.82 Å². The normalized spacial score (nSPS) is 12.9. The number of halogens is 1. The molecule has 0 aromatic heterocycles. The third kappa shape index (κ3) is 4.27. The third-order valence-corrected chi connectivity index (χ3v) is 4.19. The van der Waals surface area contributed by atoms with Crippen LogP contribution < -0.4 is 4.72 Å². The van der Waals surface area contributed by atoms with Crippen LogP contribution in [-0.2, 0) is 15.8 Å². The topological polar surface area (TPSA) is 66.4 Å². The van der Waals surface area contributed by atoms with E-state index < -0.39 is 21.9 Å². The number of aliphatic hydroxyl groups is 1. The monoisotopic (exact) mass is 309 g/mol. The van der Waals surface area contributed by atoms with Gasteiger partial charge in [0.05, 0.1) is 17.5 Å². The summed E-state index contributed by atoms with van der Waals surface area (Å²) in [5.74, 6) is -0.676. The minimum atomic E-state index is -3.64. The van der Waals surface area contributed by atoms with E-state index in [0.29, 0.717) is 16.8 Å². The van der Waals surface area contributed by atoms with Crippen LogP contribution in [0.1, 0.15) is 24.2 Å². The molecule has 1 atom stereocenters. The van der Waals surface area contributed by atoms with Crippen molar-refractivity contribution in [3.05, 3.63) is 65.5 Å². The van der Waals surface area contributed by atoms with E-state index in [1.54, 1.807) is 31.2 Å². The van der Waals surface area contributed by atoms with Crippen LogP contribution >= 0.6 is 0 Å². The SMILES string of the molecule is CC(O)c1ccccc1NS(=O)(=O)Cc1ccc(F)cc1. The van der Waals surface area contributed by atoms with Gasteiger partial charge in [0.2, 0.25) is 10.0 Å². The van der Waals surface area contributed by atoms with Gasteiger partial charge in [0, 0.05) is 5.56 Å². The molecular formula is C15H16FNO3S. The van der Waals surface area contributed by atoms with Gasteiger partial charge in [-0.3, -0.25) is 4.72 Å². The summed E-state index contributed by atoms with van der Waals surface area (Å²) < 4.78 is 39.6. The molecule has 0 amide bonds. The second-order valence-corrected chi connectivity index (χ2v) is 6.47. The number of sulfonamides is 1. The molecule has 0 aliphatic heterocycles. The van der Waals surface area contributed by atoms with E-state index in [-0.39, 0.29) is 5.75 Å². The van der Waals surface area contributed by atoms with Gasteiger partial charge in [0.25, 0.3) is 0 Å². The fourth-order valence-corrected chi connectivity index (χ4v) is 3.18. The van der Waals surface area contributed by atoms with Gasteiger partial charge >= 0.3 is 0 Å². The Bertz CT molecular complexity index is 712.